The smallest absolute Gasteiger partial charge is 0.258 e. The van der Waals surface area contributed by atoms with Crippen LogP contribution in [-0.4, -0.2) is 30.8 Å². The van der Waals surface area contributed by atoms with Gasteiger partial charge in [0.05, 0.1) is 0 Å². The predicted octanol–water partition coefficient (Wildman–Crippen LogP) is 2.64. The highest BCUT2D eigenvalue weighted by Gasteiger charge is 2.13. The molecule has 0 atom stereocenters. The van der Waals surface area contributed by atoms with Gasteiger partial charge in [0.15, 0.2) is 11.0 Å². The third-order valence-electron chi connectivity index (χ3n) is 3.43. The Morgan fingerprint density at radius 3 is 2.68 bits per heavy atom. The van der Waals surface area contributed by atoms with Crippen molar-refractivity contribution in [1.29, 1.82) is 0 Å². The Kier molecular flexibility index (Phi) is 2.93. The fourth-order valence-corrected chi connectivity index (χ4v) is 2.77. The third kappa shape index (κ3) is 1.98. The first-order valence-corrected chi connectivity index (χ1v) is 7.91. The normalized spacial score (nSPS) is 11.3. The average molecular weight is 308 g/mol. The van der Waals surface area contributed by atoms with Gasteiger partial charge in [0.1, 0.15) is 0 Å². The van der Waals surface area contributed by atoms with Crippen molar-refractivity contribution in [1.82, 2.24) is 24.6 Å². The van der Waals surface area contributed by atoms with Crippen molar-refractivity contribution in [2.45, 2.75) is 5.16 Å². The van der Waals surface area contributed by atoms with Crippen molar-refractivity contribution in [3.05, 3.63) is 42.5 Å². The number of aromatic nitrogens is 5. The van der Waals surface area contributed by atoms with Crippen LogP contribution in [0.25, 0.3) is 27.9 Å². The molecule has 6 nitrogen and oxygen atoms in total. The van der Waals surface area contributed by atoms with Gasteiger partial charge in [0.2, 0.25) is 5.95 Å². The second-order valence-electron chi connectivity index (χ2n) is 4.74. The summed E-state index contributed by atoms with van der Waals surface area (Å²) in [6.07, 6.45) is 1.90. The molecule has 108 valence electrons. The summed E-state index contributed by atoms with van der Waals surface area (Å²) in [7, 11) is 0. The first kappa shape index (κ1) is 13.0. The minimum atomic E-state index is 0.285. The van der Waals surface area contributed by atoms with Crippen LogP contribution in [0.15, 0.2) is 47.6 Å². The molecule has 22 heavy (non-hydrogen) atoms. The Morgan fingerprint density at radius 2 is 1.82 bits per heavy atom. The Hall–Kier alpha value is -2.67. The number of thioether (sulfide) groups is 1. The molecule has 2 aromatic carbocycles. The van der Waals surface area contributed by atoms with Gasteiger partial charge in [-0.2, -0.15) is 19.5 Å². The highest BCUT2D eigenvalue weighted by atomic mass is 32.2. The third-order valence-corrected chi connectivity index (χ3v) is 3.97. The summed E-state index contributed by atoms with van der Waals surface area (Å²) in [5.41, 5.74) is 6.89. The quantitative estimate of drug-likeness (QED) is 0.573. The van der Waals surface area contributed by atoms with Crippen LogP contribution >= 0.6 is 11.8 Å². The molecular weight excluding hydrogens is 296 g/mol. The molecule has 0 aliphatic rings. The van der Waals surface area contributed by atoms with Gasteiger partial charge in [-0.05, 0) is 17.0 Å². The molecule has 7 heteroatoms. The van der Waals surface area contributed by atoms with Gasteiger partial charge >= 0.3 is 0 Å². The van der Waals surface area contributed by atoms with Gasteiger partial charge in [-0.25, -0.2) is 0 Å². The molecule has 0 saturated heterocycles. The molecule has 0 amide bonds. The monoisotopic (exact) mass is 308 g/mol. The highest BCUT2D eigenvalue weighted by molar-refractivity contribution is 7.98. The lowest BCUT2D eigenvalue weighted by atomic mass is 10.0. The summed E-state index contributed by atoms with van der Waals surface area (Å²) in [5, 5.41) is 7.28. The molecule has 4 aromatic rings. The summed E-state index contributed by atoms with van der Waals surface area (Å²) in [4.78, 5) is 13.0. The zero-order valence-corrected chi connectivity index (χ0v) is 12.6. The Bertz CT molecular complexity index is 989. The van der Waals surface area contributed by atoms with E-state index in [1.54, 1.807) is 0 Å². The van der Waals surface area contributed by atoms with Crippen LogP contribution in [0.1, 0.15) is 0 Å². The lowest BCUT2D eigenvalue weighted by Gasteiger charge is -2.01. The topological polar surface area (TPSA) is 82.0 Å². The van der Waals surface area contributed by atoms with E-state index in [2.05, 4.69) is 38.2 Å². The number of hydrogen-bond acceptors (Lipinski definition) is 6. The van der Waals surface area contributed by atoms with Crippen LogP contribution in [-0.2, 0) is 0 Å². The number of benzene rings is 2. The molecule has 0 bridgehead atoms. The van der Waals surface area contributed by atoms with E-state index in [-0.39, 0.29) is 5.95 Å². The van der Waals surface area contributed by atoms with Crippen LogP contribution in [0.3, 0.4) is 0 Å². The van der Waals surface area contributed by atoms with Gasteiger partial charge in [0, 0.05) is 5.56 Å². The van der Waals surface area contributed by atoms with Crippen molar-refractivity contribution in [2.24, 2.45) is 0 Å². The van der Waals surface area contributed by atoms with Crippen LogP contribution in [0, 0.1) is 0 Å². The van der Waals surface area contributed by atoms with E-state index in [4.69, 9.17) is 5.73 Å². The van der Waals surface area contributed by atoms with Crippen LogP contribution in [0.5, 0.6) is 0 Å². The lowest BCUT2D eigenvalue weighted by molar-refractivity contribution is 0.851. The SMILES string of the molecule is CSc1nc(N)n2nc(-c3cccc4ccccc34)nc2n1. The maximum atomic E-state index is 5.93. The molecule has 0 aliphatic carbocycles. The first-order chi connectivity index (χ1) is 10.8. The lowest BCUT2D eigenvalue weighted by Crippen LogP contribution is -2.04. The van der Waals surface area contributed by atoms with Crippen molar-refractivity contribution in [2.75, 3.05) is 12.0 Å². The standard InChI is InChI=1S/C15H12N6S/c1-22-15-18-13(16)21-14(19-15)17-12(20-21)11-8-4-6-9-5-2-3-7-10(9)11/h2-8H,1H3,(H2,16,17,18,19,20). The van der Waals surface area contributed by atoms with Gasteiger partial charge in [-0.3, -0.25) is 0 Å². The summed E-state index contributed by atoms with van der Waals surface area (Å²) < 4.78 is 1.47. The van der Waals surface area contributed by atoms with Crippen LogP contribution in [0.4, 0.5) is 5.95 Å². The summed E-state index contributed by atoms with van der Waals surface area (Å²) in [6, 6.07) is 14.2. The van der Waals surface area contributed by atoms with E-state index >= 15 is 0 Å². The maximum absolute atomic E-state index is 5.93. The molecule has 0 radical (unpaired) electrons. The number of nitrogens with zero attached hydrogens (tertiary/aromatic N) is 5. The second kappa shape index (κ2) is 4.96. The van der Waals surface area contributed by atoms with Gasteiger partial charge in [-0.1, -0.05) is 54.2 Å². The maximum Gasteiger partial charge on any atom is 0.258 e. The Labute approximate surface area is 130 Å². The number of nitrogens with two attached hydrogens (primary N) is 1. The fraction of sp³-hybridized carbons (Fsp3) is 0.0667. The molecule has 2 N–H and O–H groups in total. The average Bonchev–Trinajstić information content (AvgIpc) is 2.98. The van der Waals surface area contributed by atoms with E-state index in [0.29, 0.717) is 16.8 Å². The van der Waals surface area contributed by atoms with E-state index in [1.165, 1.54) is 16.3 Å². The number of hydrogen-bond donors (Lipinski definition) is 1. The molecular formula is C15H12N6S. The molecule has 0 unspecified atom stereocenters. The van der Waals surface area contributed by atoms with Crippen LogP contribution in [0.2, 0.25) is 0 Å². The molecule has 0 spiro atoms. The second-order valence-corrected chi connectivity index (χ2v) is 5.52. The molecule has 4 rings (SSSR count). The minimum absolute atomic E-state index is 0.285. The summed E-state index contributed by atoms with van der Waals surface area (Å²) in [6.45, 7) is 0. The van der Waals surface area contributed by atoms with Gasteiger partial charge in [-0.15, -0.1) is 5.10 Å². The molecule has 2 heterocycles. The van der Waals surface area contributed by atoms with Gasteiger partial charge in [0.25, 0.3) is 5.78 Å². The molecule has 0 aliphatic heterocycles. The summed E-state index contributed by atoms with van der Waals surface area (Å²) >= 11 is 1.42. The predicted molar refractivity (Wildman–Crippen MR) is 87.7 cm³/mol. The van der Waals surface area contributed by atoms with E-state index in [9.17, 15) is 0 Å². The first-order valence-electron chi connectivity index (χ1n) is 6.68. The van der Waals surface area contributed by atoms with Crippen molar-refractivity contribution >= 4 is 34.3 Å². The fourth-order valence-electron chi connectivity index (χ4n) is 2.41. The Morgan fingerprint density at radius 1 is 1.00 bits per heavy atom. The van der Waals surface area contributed by atoms with Crippen molar-refractivity contribution in [3.63, 3.8) is 0 Å². The number of rotatable bonds is 2. The van der Waals surface area contributed by atoms with Crippen LogP contribution < -0.4 is 5.73 Å². The Balaban J connectivity index is 1.99. The molecule has 0 saturated carbocycles. The number of nitrogen functional groups attached to an aromatic ring is 1. The number of fused-ring (bicyclic) bond motifs is 2. The van der Waals surface area contributed by atoms with Crippen molar-refractivity contribution < 1.29 is 0 Å². The number of anilines is 1. The summed E-state index contributed by atoms with van der Waals surface area (Å²) in [5.74, 6) is 1.34. The minimum Gasteiger partial charge on any atom is -0.368 e. The highest BCUT2D eigenvalue weighted by Crippen LogP contribution is 2.26. The van der Waals surface area contributed by atoms with E-state index in [1.807, 2.05) is 30.5 Å². The van der Waals surface area contributed by atoms with Crippen molar-refractivity contribution in [3.8, 4) is 11.4 Å². The largest absolute Gasteiger partial charge is 0.368 e. The zero-order chi connectivity index (χ0) is 15.1. The van der Waals surface area contributed by atoms with E-state index in [0.717, 1.165) is 16.3 Å². The van der Waals surface area contributed by atoms with Gasteiger partial charge < -0.3 is 5.73 Å². The zero-order valence-electron chi connectivity index (χ0n) is 11.8. The van der Waals surface area contributed by atoms with E-state index < -0.39 is 0 Å². The molecule has 0 fully saturated rings. The molecule has 2 aromatic heterocycles.